The Morgan fingerprint density at radius 1 is 1.31 bits per heavy atom. The Morgan fingerprint density at radius 2 is 1.94 bits per heavy atom. The first-order chi connectivity index (χ1) is 7.62. The van der Waals surface area contributed by atoms with Gasteiger partial charge in [-0.05, 0) is 44.6 Å². The Hall–Kier alpha value is -0.0800. The molecule has 1 rings (SSSR count). The minimum absolute atomic E-state index is 0.130. The van der Waals surface area contributed by atoms with Crippen LogP contribution in [0.1, 0.15) is 52.9 Å². The smallest absolute Gasteiger partial charge is 0.0806 e. The number of hydrogen-bond acceptors (Lipinski definition) is 2. The van der Waals surface area contributed by atoms with Crippen LogP contribution in [0.4, 0.5) is 0 Å². The Labute approximate surface area is 101 Å². The summed E-state index contributed by atoms with van der Waals surface area (Å²) in [5.74, 6) is 1.57. The van der Waals surface area contributed by atoms with Gasteiger partial charge in [0.25, 0.3) is 0 Å². The summed E-state index contributed by atoms with van der Waals surface area (Å²) < 4.78 is 6.20. The van der Waals surface area contributed by atoms with Gasteiger partial charge >= 0.3 is 0 Å². The van der Waals surface area contributed by atoms with Gasteiger partial charge in [0.15, 0.2) is 0 Å². The number of hydrogen-bond donors (Lipinski definition) is 1. The summed E-state index contributed by atoms with van der Waals surface area (Å²) >= 11 is 0. The van der Waals surface area contributed by atoms with Gasteiger partial charge in [-0.2, -0.15) is 0 Å². The van der Waals surface area contributed by atoms with E-state index in [1.807, 2.05) is 7.05 Å². The minimum atomic E-state index is 0.130. The molecule has 1 fully saturated rings. The molecular formula is C14H29NO. The third-order valence-corrected chi connectivity index (χ3v) is 3.82. The van der Waals surface area contributed by atoms with E-state index in [9.17, 15) is 0 Å². The van der Waals surface area contributed by atoms with Gasteiger partial charge < -0.3 is 10.1 Å². The molecule has 0 heterocycles. The van der Waals surface area contributed by atoms with Crippen molar-refractivity contribution in [2.45, 2.75) is 58.5 Å². The number of nitrogens with one attached hydrogen (secondary N) is 1. The SMILES string of the molecule is CCC1CCC(CNC)(OCC(C)C)CC1. The summed E-state index contributed by atoms with van der Waals surface area (Å²) in [6, 6.07) is 0. The normalized spacial score (nSPS) is 30.9. The average molecular weight is 227 g/mol. The van der Waals surface area contributed by atoms with Crippen molar-refractivity contribution in [1.29, 1.82) is 0 Å². The summed E-state index contributed by atoms with van der Waals surface area (Å²) in [5.41, 5.74) is 0.130. The van der Waals surface area contributed by atoms with E-state index in [1.54, 1.807) is 0 Å². The molecule has 0 unspecified atom stereocenters. The summed E-state index contributed by atoms with van der Waals surface area (Å²) in [6.07, 6.45) is 6.49. The van der Waals surface area contributed by atoms with Crippen LogP contribution in [0, 0.1) is 11.8 Å². The molecule has 1 N–H and O–H groups in total. The lowest BCUT2D eigenvalue weighted by molar-refractivity contribution is -0.0847. The molecule has 2 nitrogen and oxygen atoms in total. The predicted octanol–water partition coefficient (Wildman–Crippen LogP) is 3.22. The molecule has 0 radical (unpaired) electrons. The second-order valence-corrected chi connectivity index (χ2v) is 5.77. The molecule has 0 aromatic carbocycles. The molecule has 2 heteroatoms. The Kier molecular flexibility index (Phi) is 5.77. The standard InChI is InChI=1S/C14H29NO/c1-5-13-6-8-14(9-7-13,11-15-4)16-10-12(2)3/h12-13,15H,5-11H2,1-4H3. The third-order valence-electron chi connectivity index (χ3n) is 3.82. The molecule has 0 atom stereocenters. The van der Waals surface area contributed by atoms with E-state index < -0.39 is 0 Å². The van der Waals surface area contributed by atoms with E-state index in [-0.39, 0.29) is 5.60 Å². The fourth-order valence-electron chi connectivity index (χ4n) is 2.65. The first-order valence-corrected chi connectivity index (χ1v) is 6.90. The minimum Gasteiger partial charge on any atom is -0.373 e. The molecular weight excluding hydrogens is 198 g/mol. The van der Waals surface area contributed by atoms with Crippen molar-refractivity contribution in [3.63, 3.8) is 0 Å². The van der Waals surface area contributed by atoms with Crippen molar-refractivity contribution < 1.29 is 4.74 Å². The van der Waals surface area contributed by atoms with E-state index in [2.05, 4.69) is 26.1 Å². The van der Waals surface area contributed by atoms with Gasteiger partial charge in [0.2, 0.25) is 0 Å². The van der Waals surface area contributed by atoms with Gasteiger partial charge in [0.1, 0.15) is 0 Å². The second-order valence-electron chi connectivity index (χ2n) is 5.77. The molecule has 0 aromatic heterocycles. The molecule has 16 heavy (non-hydrogen) atoms. The summed E-state index contributed by atoms with van der Waals surface area (Å²) in [6.45, 7) is 8.68. The second kappa shape index (κ2) is 6.61. The van der Waals surface area contributed by atoms with Crippen LogP contribution in [0.3, 0.4) is 0 Å². The Morgan fingerprint density at radius 3 is 2.38 bits per heavy atom. The molecule has 96 valence electrons. The van der Waals surface area contributed by atoms with Crippen molar-refractivity contribution in [2.24, 2.45) is 11.8 Å². The third kappa shape index (κ3) is 4.06. The molecule has 0 aliphatic heterocycles. The van der Waals surface area contributed by atoms with Crippen LogP contribution in [0.15, 0.2) is 0 Å². The number of likely N-dealkylation sites (N-methyl/N-ethyl adjacent to an activating group) is 1. The maximum Gasteiger partial charge on any atom is 0.0806 e. The topological polar surface area (TPSA) is 21.3 Å². The lowest BCUT2D eigenvalue weighted by Crippen LogP contribution is -2.45. The fraction of sp³-hybridized carbons (Fsp3) is 1.00. The van der Waals surface area contributed by atoms with Crippen molar-refractivity contribution in [3.8, 4) is 0 Å². The molecule has 0 saturated heterocycles. The molecule has 0 bridgehead atoms. The van der Waals surface area contributed by atoms with Crippen molar-refractivity contribution in [3.05, 3.63) is 0 Å². The number of ether oxygens (including phenoxy) is 1. The highest BCUT2D eigenvalue weighted by Crippen LogP contribution is 2.36. The van der Waals surface area contributed by atoms with E-state index in [1.165, 1.54) is 32.1 Å². The maximum absolute atomic E-state index is 6.20. The Balaban J connectivity index is 2.46. The summed E-state index contributed by atoms with van der Waals surface area (Å²) in [5, 5.41) is 3.31. The zero-order chi connectivity index (χ0) is 12.0. The van der Waals surface area contributed by atoms with Crippen LogP contribution in [-0.2, 0) is 4.74 Å². The van der Waals surface area contributed by atoms with Gasteiger partial charge in [-0.25, -0.2) is 0 Å². The van der Waals surface area contributed by atoms with Crippen molar-refractivity contribution >= 4 is 0 Å². The van der Waals surface area contributed by atoms with Gasteiger partial charge in [0, 0.05) is 13.2 Å². The lowest BCUT2D eigenvalue weighted by atomic mass is 9.77. The molecule has 1 saturated carbocycles. The largest absolute Gasteiger partial charge is 0.373 e. The van der Waals surface area contributed by atoms with Crippen LogP contribution in [-0.4, -0.2) is 25.8 Å². The lowest BCUT2D eigenvalue weighted by Gasteiger charge is -2.40. The van der Waals surface area contributed by atoms with Gasteiger partial charge in [-0.1, -0.05) is 27.2 Å². The predicted molar refractivity (Wildman–Crippen MR) is 69.7 cm³/mol. The maximum atomic E-state index is 6.20. The monoisotopic (exact) mass is 227 g/mol. The average Bonchev–Trinajstić information content (AvgIpc) is 2.28. The van der Waals surface area contributed by atoms with Crippen LogP contribution in [0.5, 0.6) is 0 Å². The molecule has 1 aliphatic carbocycles. The van der Waals surface area contributed by atoms with Crippen LogP contribution in [0.25, 0.3) is 0 Å². The van der Waals surface area contributed by atoms with E-state index in [0.717, 1.165) is 19.1 Å². The van der Waals surface area contributed by atoms with Gasteiger partial charge in [-0.15, -0.1) is 0 Å². The molecule has 0 amide bonds. The summed E-state index contributed by atoms with van der Waals surface area (Å²) in [4.78, 5) is 0. The van der Waals surface area contributed by atoms with E-state index in [0.29, 0.717) is 5.92 Å². The first kappa shape index (κ1) is 14.0. The van der Waals surface area contributed by atoms with Crippen LogP contribution >= 0.6 is 0 Å². The fourth-order valence-corrected chi connectivity index (χ4v) is 2.65. The van der Waals surface area contributed by atoms with E-state index >= 15 is 0 Å². The first-order valence-electron chi connectivity index (χ1n) is 6.90. The zero-order valence-electron chi connectivity index (χ0n) is 11.5. The Bertz CT molecular complexity index is 183. The highest BCUT2D eigenvalue weighted by atomic mass is 16.5. The molecule has 0 spiro atoms. The van der Waals surface area contributed by atoms with Gasteiger partial charge in [-0.3, -0.25) is 0 Å². The van der Waals surface area contributed by atoms with E-state index in [4.69, 9.17) is 4.74 Å². The van der Waals surface area contributed by atoms with Crippen molar-refractivity contribution in [1.82, 2.24) is 5.32 Å². The van der Waals surface area contributed by atoms with Gasteiger partial charge in [0.05, 0.1) is 5.60 Å². The quantitative estimate of drug-likeness (QED) is 0.752. The van der Waals surface area contributed by atoms with Crippen LogP contribution in [0.2, 0.25) is 0 Å². The van der Waals surface area contributed by atoms with Crippen LogP contribution < -0.4 is 5.32 Å². The highest BCUT2D eigenvalue weighted by Gasteiger charge is 2.35. The zero-order valence-corrected chi connectivity index (χ0v) is 11.5. The molecule has 1 aliphatic rings. The van der Waals surface area contributed by atoms with Crippen molar-refractivity contribution in [2.75, 3.05) is 20.2 Å². The number of rotatable bonds is 6. The summed E-state index contributed by atoms with van der Waals surface area (Å²) in [7, 11) is 2.03. The molecule has 0 aromatic rings. The highest BCUT2D eigenvalue weighted by molar-refractivity contribution is 4.88.